The number of rotatable bonds is 4. The van der Waals surface area contributed by atoms with Gasteiger partial charge in [0.15, 0.2) is 0 Å². The third-order valence-electron chi connectivity index (χ3n) is 2.30. The number of alkyl halides is 1. The van der Waals surface area contributed by atoms with Gasteiger partial charge in [0.05, 0.1) is 5.25 Å². The largest absolute Gasteiger partial charge is 0.283 e. The Balaban J connectivity index is 2.16. The molecule has 82 valence electrons. The van der Waals surface area contributed by atoms with Crippen LogP contribution in [0.5, 0.6) is 0 Å². The lowest BCUT2D eigenvalue weighted by Gasteiger charge is -2.07. The highest BCUT2D eigenvalue weighted by Gasteiger charge is 2.35. The molecule has 2 rings (SSSR count). The van der Waals surface area contributed by atoms with Gasteiger partial charge in [-0.05, 0) is 30.5 Å². The minimum absolute atomic E-state index is 0.197. The van der Waals surface area contributed by atoms with E-state index in [0.717, 1.165) is 18.4 Å². The smallest absolute Gasteiger partial charge is 0.235 e. The van der Waals surface area contributed by atoms with Crippen molar-refractivity contribution in [1.29, 1.82) is 0 Å². The number of halogens is 1. The van der Waals surface area contributed by atoms with Gasteiger partial charge in [0, 0.05) is 11.6 Å². The van der Waals surface area contributed by atoms with E-state index >= 15 is 0 Å². The lowest BCUT2D eigenvalue weighted by molar-refractivity contribution is 0.600. The number of nitrogens with one attached hydrogen (secondary N) is 1. The summed E-state index contributed by atoms with van der Waals surface area (Å²) < 4.78 is 25.8. The lowest BCUT2D eigenvalue weighted by atomic mass is 10.2. The van der Waals surface area contributed by atoms with Crippen molar-refractivity contribution in [3.63, 3.8) is 0 Å². The van der Waals surface area contributed by atoms with Crippen molar-refractivity contribution in [1.82, 2.24) is 0 Å². The number of hydrogen-bond acceptors (Lipinski definition) is 2. The van der Waals surface area contributed by atoms with Crippen molar-refractivity contribution in [3.05, 3.63) is 29.8 Å². The van der Waals surface area contributed by atoms with Gasteiger partial charge in [-0.2, -0.15) is 0 Å². The van der Waals surface area contributed by atoms with E-state index in [4.69, 9.17) is 11.6 Å². The molecule has 0 aliphatic heterocycles. The van der Waals surface area contributed by atoms with Crippen LogP contribution in [-0.4, -0.2) is 13.7 Å². The molecule has 1 fully saturated rings. The average molecular weight is 246 g/mol. The van der Waals surface area contributed by atoms with E-state index in [1.165, 1.54) is 0 Å². The molecule has 0 saturated heterocycles. The fraction of sp³-hybridized carbons (Fsp3) is 0.400. The first-order valence-electron chi connectivity index (χ1n) is 4.78. The van der Waals surface area contributed by atoms with Gasteiger partial charge in [-0.3, -0.25) is 4.72 Å². The molecule has 1 N–H and O–H groups in total. The Morgan fingerprint density at radius 1 is 1.40 bits per heavy atom. The molecule has 3 nitrogen and oxygen atoms in total. The highest BCUT2D eigenvalue weighted by Crippen LogP contribution is 2.29. The van der Waals surface area contributed by atoms with Crippen LogP contribution in [0.15, 0.2) is 24.3 Å². The quantitative estimate of drug-likeness (QED) is 0.828. The molecule has 0 bridgehead atoms. The molecule has 1 aromatic carbocycles. The molecule has 0 aromatic heterocycles. The third-order valence-corrected chi connectivity index (χ3v) is 4.48. The Kier molecular flexibility index (Phi) is 2.89. The Bertz CT molecular complexity index is 454. The molecule has 1 aromatic rings. The molecular formula is C10H12ClNO2S. The van der Waals surface area contributed by atoms with Crippen LogP contribution in [0.1, 0.15) is 18.4 Å². The van der Waals surface area contributed by atoms with E-state index in [9.17, 15) is 8.42 Å². The van der Waals surface area contributed by atoms with Gasteiger partial charge in [0.1, 0.15) is 0 Å². The van der Waals surface area contributed by atoms with Crippen LogP contribution in [0.2, 0.25) is 0 Å². The second-order valence-electron chi connectivity index (χ2n) is 3.68. The summed E-state index contributed by atoms with van der Waals surface area (Å²) in [6, 6.07) is 7.15. The summed E-state index contributed by atoms with van der Waals surface area (Å²) in [5.41, 5.74) is 1.51. The zero-order chi connectivity index (χ0) is 10.9. The minimum Gasteiger partial charge on any atom is -0.283 e. The first kappa shape index (κ1) is 10.8. The molecule has 0 amide bonds. The summed E-state index contributed by atoms with van der Waals surface area (Å²) in [6.07, 6.45) is 1.54. The normalized spacial score (nSPS) is 16.3. The van der Waals surface area contributed by atoms with Crippen molar-refractivity contribution < 1.29 is 8.42 Å². The summed E-state index contributed by atoms with van der Waals surface area (Å²) in [5.74, 6) is 0.388. The Labute approximate surface area is 94.5 Å². The number of sulfonamides is 1. The minimum atomic E-state index is -3.16. The monoisotopic (exact) mass is 245 g/mol. The SMILES string of the molecule is O=S(=O)(Nc1cccc(CCl)c1)C1CC1. The van der Waals surface area contributed by atoms with Crippen LogP contribution < -0.4 is 4.72 Å². The predicted octanol–water partition coefficient (Wildman–Crippen LogP) is 2.33. The molecule has 1 saturated carbocycles. The molecule has 0 radical (unpaired) electrons. The van der Waals surface area contributed by atoms with Gasteiger partial charge in [0.25, 0.3) is 0 Å². The second-order valence-corrected chi connectivity index (χ2v) is 5.91. The van der Waals surface area contributed by atoms with E-state index in [-0.39, 0.29) is 5.25 Å². The van der Waals surface area contributed by atoms with Gasteiger partial charge in [-0.15, -0.1) is 11.6 Å². The summed E-state index contributed by atoms with van der Waals surface area (Å²) in [6.45, 7) is 0. The van der Waals surface area contributed by atoms with Crippen LogP contribution in [0.4, 0.5) is 5.69 Å². The topological polar surface area (TPSA) is 46.2 Å². The van der Waals surface area contributed by atoms with Crippen LogP contribution in [0, 0.1) is 0 Å². The first-order valence-corrected chi connectivity index (χ1v) is 6.86. The van der Waals surface area contributed by atoms with Crippen molar-refractivity contribution in [2.24, 2.45) is 0 Å². The Morgan fingerprint density at radius 3 is 2.73 bits per heavy atom. The second kappa shape index (κ2) is 4.02. The number of anilines is 1. The maximum Gasteiger partial charge on any atom is 0.235 e. The van der Waals surface area contributed by atoms with Crippen molar-refractivity contribution in [2.75, 3.05) is 4.72 Å². The van der Waals surface area contributed by atoms with E-state index in [0.29, 0.717) is 11.6 Å². The van der Waals surface area contributed by atoms with Crippen LogP contribution in [-0.2, 0) is 15.9 Å². The molecule has 15 heavy (non-hydrogen) atoms. The maximum absolute atomic E-state index is 11.6. The highest BCUT2D eigenvalue weighted by molar-refractivity contribution is 7.93. The standard InChI is InChI=1S/C10H12ClNO2S/c11-7-8-2-1-3-9(6-8)12-15(13,14)10-4-5-10/h1-3,6,10,12H,4-5,7H2. The average Bonchev–Trinajstić information content (AvgIpc) is 3.00. The van der Waals surface area contributed by atoms with Gasteiger partial charge in [-0.25, -0.2) is 8.42 Å². The Morgan fingerprint density at radius 2 is 2.13 bits per heavy atom. The highest BCUT2D eigenvalue weighted by atomic mass is 35.5. The summed E-state index contributed by atoms with van der Waals surface area (Å²) in [7, 11) is -3.16. The molecular weight excluding hydrogens is 234 g/mol. The van der Waals surface area contributed by atoms with E-state index in [1.54, 1.807) is 18.2 Å². The maximum atomic E-state index is 11.6. The number of benzene rings is 1. The molecule has 1 aliphatic carbocycles. The molecule has 0 spiro atoms. The predicted molar refractivity (Wildman–Crippen MR) is 61.6 cm³/mol. The van der Waals surface area contributed by atoms with Crippen molar-refractivity contribution in [2.45, 2.75) is 24.0 Å². The summed E-state index contributed by atoms with van der Waals surface area (Å²) in [5, 5.41) is -0.197. The fourth-order valence-corrected chi connectivity index (χ4v) is 2.89. The van der Waals surface area contributed by atoms with Gasteiger partial charge >= 0.3 is 0 Å². The molecule has 5 heteroatoms. The molecule has 0 heterocycles. The van der Waals surface area contributed by atoms with Gasteiger partial charge in [-0.1, -0.05) is 12.1 Å². The summed E-state index contributed by atoms with van der Waals surface area (Å²) >= 11 is 5.67. The molecule has 0 unspecified atom stereocenters. The van der Waals surface area contributed by atoms with Gasteiger partial charge < -0.3 is 0 Å². The van der Waals surface area contributed by atoms with Gasteiger partial charge in [0.2, 0.25) is 10.0 Å². The zero-order valence-corrected chi connectivity index (χ0v) is 9.68. The van der Waals surface area contributed by atoms with Crippen molar-refractivity contribution in [3.8, 4) is 0 Å². The Hall–Kier alpha value is -0.740. The molecule has 1 aliphatic rings. The van der Waals surface area contributed by atoms with Crippen LogP contribution >= 0.6 is 11.6 Å². The number of hydrogen-bond donors (Lipinski definition) is 1. The van der Waals surface area contributed by atoms with E-state index < -0.39 is 10.0 Å². The van der Waals surface area contributed by atoms with E-state index in [2.05, 4.69) is 4.72 Å². The first-order chi connectivity index (χ1) is 7.12. The van der Waals surface area contributed by atoms with Crippen LogP contribution in [0.25, 0.3) is 0 Å². The van der Waals surface area contributed by atoms with E-state index in [1.807, 2.05) is 6.07 Å². The summed E-state index contributed by atoms with van der Waals surface area (Å²) in [4.78, 5) is 0. The third kappa shape index (κ3) is 2.63. The van der Waals surface area contributed by atoms with Crippen LogP contribution in [0.3, 0.4) is 0 Å². The van der Waals surface area contributed by atoms with Crippen molar-refractivity contribution >= 4 is 27.3 Å². The fourth-order valence-electron chi connectivity index (χ4n) is 1.34. The zero-order valence-electron chi connectivity index (χ0n) is 8.11. The lowest BCUT2D eigenvalue weighted by Crippen LogP contribution is -2.17. The molecule has 0 atom stereocenters.